The molecule has 3 aromatic rings. The van der Waals surface area contributed by atoms with Crippen LogP contribution in [0.4, 0.5) is 0 Å². The number of fused-ring (bicyclic) bond motifs is 1. The van der Waals surface area contributed by atoms with E-state index in [2.05, 4.69) is 36.2 Å². The molecule has 0 aliphatic heterocycles. The third kappa shape index (κ3) is 2.25. The molecule has 3 heteroatoms. The first-order valence-corrected chi connectivity index (χ1v) is 6.48. The number of nitrogens with zero attached hydrogens (tertiary/aromatic N) is 2. The van der Waals surface area contributed by atoms with Gasteiger partial charge in [-0.25, -0.2) is 4.98 Å². The van der Waals surface area contributed by atoms with Crippen LogP contribution >= 0.6 is 0 Å². The lowest BCUT2D eigenvalue weighted by atomic mass is 10.1. The summed E-state index contributed by atoms with van der Waals surface area (Å²) in [6, 6.07) is 12.3. The second kappa shape index (κ2) is 4.86. The molecule has 0 bridgehead atoms. The van der Waals surface area contributed by atoms with Gasteiger partial charge in [0.25, 0.3) is 0 Å². The number of hydrogen-bond donors (Lipinski definition) is 1. The summed E-state index contributed by atoms with van der Waals surface area (Å²) in [7, 11) is 0. The van der Waals surface area contributed by atoms with Crippen molar-refractivity contribution in [3.63, 3.8) is 0 Å². The summed E-state index contributed by atoms with van der Waals surface area (Å²) in [5.41, 5.74) is 5.14. The Kier molecular flexibility index (Phi) is 3.05. The van der Waals surface area contributed by atoms with Crippen LogP contribution in [0.2, 0.25) is 0 Å². The fraction of sp³-hybridized carbons (Fsp3) is 0.188. The normalized spacial score (nSPS) is 11.1. The molecule has 0 aliphatic rings. The topological polar surface area (TPSA) is 37.5 Å². The van der Waals surface area contributed by atoms with E-state index in [1.165, 1.54) is 5.56 Å². The number of benzene rings is 1. The van der Waals surface area contributed by atoms with Crippen molar-refractivity contribution < 1.29 is 5.11 Å². The van der Waals surface area contributed by atoms with Crippen LogP contribution in [0.5, 0.6) is 0 Å². The molecule has 0 amide bonds. The highest BCUT2D eigenvalue weighted by molar-refractivity contribution is 5.63. The highest BCUT2D eigenvalue weighted by atomic mass is 16.3. The van der Waals surface area contributed by atoms with Gasteiger partial charge in [-0.05, 0) is 29.7 Å². The number of hydrogen-bond acceptors (Lipinski definition) is 2. The fourth-order valence-corrected chi connectivity index (χ4v) is 2.17. The van der Waals surface area contributed by atoms with Crippen molar-refractivity contribution in [3.05, 3.63) is 59.9 Å². The fourth-order valence-electron chi connectivity index (χ4n) is 2.17. The van der Waals surface area contributed by atoms with Crippen molar-refractivity contribution in [2.75, 3.05) is 0 Å². The predicted molar refractivity (Wildman–Crippen MR) is 75.9 cm³/mol. The number of aryl methyl sites for hydroxylation is 1. The van der Waals surface area contributed by atoms with Crippen LogP contribution in [0, 0.1) is 0 Å². The average molecular weight is 252 g/mol. The van der Waals surface area contributed by atoms with E-state index in [0.29, 0.717) is 0 Å². The molecule has 2 heterocycles. The minimum absolute atomic E-state index is 0.0455. The summed E-state index contributed by atoms with van der Waals surface area (Å²) in [4.78, 5) is 4.60. The first-order chi connectivity index (χ1) is 9.30. The van der Waals surface area contributed by atoms with Gasteiger partial charge < -0.3 is 9.51 Å². The molecule has 96 valence electrons. The number of imidazole rings is 1. The van der Waals surface area contributed by atoms with Crippen LogP contribution in [0.3, 0.4) is 0 Å². The van der Waals surface area contributed by atoms with E-state index in [-0.39, 0.29) is 6.61 Å². The van der Waals surface area contributed by atoms with Crippen molar-refractivity contribution in [2.45, 2.75) is 20.0 Å². The van der Waals surface area contributed by atoms with Crippen LogP contribution in [0.1, 0.15) is 18.1 Å². The SMILES string of the molecule is CCc1ccc(-c2cn3ccc(CO)cc3n2)cc1. The smallest absolute Gasteiger partial charge is 0.137 e. The Morgan fingerprint density at radius 1 is 1.11 bits per heavy atom. The quantitative estimate of drug-likeness (QED) is 0.778. The lowest BCUT2D eigenvalue weighted by Crippen LogP contribution is -1.87. The molecule has 19 heavy (non-hydrogen) atoms. The molecule has 1 aromatic carbocycles. The summed E-state index contributed by atoms with van der Waals surface area (Å²) >= 11 is 0. The van der Waals surface area contributed by atoms with E-state index in [1.807, 2.05) is 28.9 Å². The van der Waals surface area contributed by atoms with E-state index in [4.69, 9.17) is 5.11 Å². The molecule has 0 unspecified atom stereocenters. The molecule has 2 aromatic heterocycles. The maximum Gasteiger partial charge on any atom is 0.137 e. The number of aromatic nitrogens is 2. The number of aliphatic hydroxyl groups is 1. The zero-order chi connectivity index (χ0) is 13.2. The molecule has 3 nitrogen and oxygen atoms in total. The third-order valence-corrected chi connectivity index (χ3v) is 3.37. The molecule has 0 radical (unpaired) electrons. The molecule has 3 rings (SSSR count). The molecular weight excluding hydrogens is 236 g/mol. The molecular formula is C16H16N2O. The maximum atomic E-state index is 9.14. The molecule has 0 saturated heterocycles. The molecule has 0 spiro atoms. The van der Waals surface area contributed by atoms with Crippen molar-refractivity contribution >= 4 is 5.65 Å². The second-order valence-corrected chi connectivity index (χ2v) is 4.64. The summed E-state index contributed by atoms with van der Waals surface area (Å²) in [5.74, 6) is 0. The monoisotopic (exact) mass is 252 g/mol. The van der Waals surface area contributed by atoms with E-state index in [9.17, 15) is 0 Å². The summed E-state index contributed by atoms with van der Waals surface area (Å²) in [5, 5.41) is 9.14. The van der Waals surface area contributed by atoms with Crippen LogP contribution in [-0.4, -0.2) is 14.5 Å². The first-order valence-electron chi connectivity index (χ1n) is 6.48. The molecule has 0 aliphatic carbocycles. The Balaban J connectivity index is 2.04. The second-order valence-electron chi connectivity index (χ2n) is 4.64. The Morgan fingerprint density at radius 3 is 2.58 bits per heavy atom. The van der Waals surface area contributed by atoms with E-state index in [0.717, 1.165) is 28.9 Å². The Hall–Kier alpha value is -2.13. The molecule has 0 fully saturated rings. The van der Waals surface area contributed by atoms with Gasteiger partial charge in [-0.15, -0.1) is 0 Å². The van der Waals surface area contributed by atoms with Gasteiger partial charge in [0.05, 0.1) is 12.3 Å². The molecule has 0 atom stereocenters. The largest absolute Gasteiger partial charge is 0.392 e. The van der Waals surface area contributed by atoms with Crippen molar-refractivity contribution in [1.82, 2.24) is 9.38 Å². The number of rotatable bonds is 3. The maximum absolute atomic E-state index is 9.14. The van der Waals surface area contributed by atoms with Gasteiger partial charge in [-0.3, -0.25) is 0 Å². The van der Waals surface area contributed by atoms with Gasteiger partial charge in [0, 0.05) is 18.0 Å². The minimum atomic E-state index is 0.0455. The van der Waals surface area contributed by atoms with E-state index in [1.54, 1.807) is 0 Å². The van der Waals surface area contributed by atoms with Gasteiger partial charge in [-0.2, -0.15) is 0 Å². The van der Waals surface area contributed by atoms with Gasteiger partial charge in [-0.1, -0.05) is 31.2 Å². The number of pyridine rings is 1. The van der Waals surface area contributed by atoms with Crippen LogP contribution < -0.4 is 0 Å². The summed E-state index contributed by atoms with van der Waals surface area (Å²) in [6.45, 7) is 2.19. The zero-order valence-electron chi connectivity index (χ0n) is 10.9. The third-order valence-electron chi connectivity index (χ3n) is 3.37. The van der Waals surface area contributed by atoms with Crippen molar-refractivity contribution in [1.29, 1.82) is 0 Å². The lowest BCUT2D eigenvalue weighted by Gasteiger charge is -1.98. The average Bonchev–Trinajstić information content (AvgIpc) is 2.90. The van der Waals surface area contributed by atoms with E-state index < -0.39 is 0 Å². The van der Waals surface area contributed by atoms with Gasteiger partial charge in [0.15, 0.2) is 0 Å². The number of aliphatic hydroxyl groups excluding tert-OH is 1. The minimum Gasteiger partial charge on any atom is -0.392 e. The predicted octanol–water partition coefficient (Wildman–Crippen LogP) is 3.06. The highest BCUT2D eigenvalue weighted by Crippen LogP contribution is 2.20. The lowest BCUT2D eigenvalue weighted by molar-refractivity contribution is 0.282. The van der Waals surface area contributed by atoms with Gasteiger partial charge in [0.1, 0.15) is 5.65 Å². The Bertz CT molecular complexity index is 698. The Labute approximate surface area is 112 Å². The molecule has 0 saturated carbocycles. The zero-order valence-corrected chi connectivity index (χ0v) is 10.9. The summed E-state index contributed by atoms with van der Waals surface area (Å²) in [6.07, 6.45) is 4.99. The Morgan fingerprint density at radius 2 is 1.89 bits per heavy atom. The van der Waals surface area contributed by atoms with Crippen LogP contribution in [-0.2, 0) is 13.0 Å². The van der Waals surface area contributed by atoms with Crippen molar-refractivity contribution in [3.8, 4) is 11.3 Å². The first kappa shape index (κ1) is 11.9. The van der Waals surface area contributed by atoms with Gasteiger partial charge >= 0.3 is 0 Å². The highest BCUT2D eigenvalue weighted by Gasteiger charge is 2.04. The van der Waals surface area contributed by atoms with Crippen LogP contribution in [0.15, 0.2) is 48.8 Å². The summed E-state index contributed by atoms with van der Waals surface area (Å²) < 4.78 is 1.97. The standard InChI is InChI=1S/C16H16N2O/c1-2-12-3-5-14(6-4-12)15-10-18-8-7-13(11-19)9-16(18)17-15/h3-10,19H,2,11H2,1H3. The van der Waals surface area contributed by atoms with E-state index >= 15 is 0 Å². The molecule has 1 N–H and O–H groups in total. The van der Waals surface area contributed by atoms with Crippen LogP contribution in [0.25, 0.3) is 16.9 Å². The van der Waals surface area contributed by atoms with Gasteiger partial charge in [0.2, 0.25) is 0 Å². The van der Waals surface area contributed by atoms with Crippen molar-refractivity contribution in [2.24, 2.45) is 0 Å².